The molecule has 2 aromatic rings. The summed E-state index contributed by atoms with van der Waals surface area (Å²) in [6.45, 7) is 2.09. The number of nitrogens with zero attached hydrogens (tertiary/aromatic N) is 4. The van der Waals surface area contributed by atoms with Gasteiger partial charge >= 0.3 is 0 Å². The number of carbonyl (C=O) groups is 1. The number of nitrogens with one attached hydrogen (secondary N) is 1. The second-order valence-corrected chi connectivity index (χ2v) is 5.72. The maximum absolute atomic E-state index is 11.9. The number of hydrogen-bond acceptors (Lipinski definition) is 4. The van der Waals surface area contributed by atoms with Gasteiger partial charge in [0.1, 0.15) is 6.54 Å². The lowest BCUT2D eigenvalue weighted by atomic mass is 10.2. The summed E-state index contributed by atoms with van der Waals surface area (Å²) in [6, 6.07) is 7.49. The molecule has 1 aromatic carbocycles. The van der Waals surface area contributed by atoms with Crippen molar-refractivity contribution < 1.29 is 4.79 Å². The van der Waals surface area contributed by atoms with Gasteiger partial charge in [0.2, 0.25) is 11.7 Å². The predicted octanol–water partition coefficient (Wildman–Crippen LogP) is 1.91. The lowest BCUT2D eigenvalue weighted by molar-refractivity contribution is -0.122. The van der Waals surface area contributed by atoms with Gasteiger partial charge in [-0.1, -0.05) is 23.7 Å². The van der Waals surface area contributed by atoms with Crippen molar-refractivity contribution in [1.82, 2.24) is 25.5 Å². The third kappa shape index (κ3) is 3.39. The van der Waals surface area contributed by atoms with E-state index in [1.807, 2.05) is 25.1 Å². The van der Waals surface area contributed by atoms with Crippen molar-refractivity contribution in [3.63, 3.8) is 0 Å². The van der Waals surface area contributed by atoms with Crippen LogP contribution in [0, 0.1) is 5.92 Å². The first kappa shape index (κ1) is 14.0. The van der Waals surface area contributed by atoms with E-state index in [2.05, 4.69) is 20.7 Å². The summed E-state index contributed by atoms with van der Waals surface area (Å²) in [5.74, 6) is 0.942. The highest BCUT2D eigenvalue weighted by Gasteiger charge is 2.28. The van der Waals surface area contributed by atoms with Crippen molar-refractivity contribution in [2.24, 2.45) is 5.92 Å². The Morgan fingerprint density at radius 2 is 2.24 bits per heavy atom. The van der Waals surface area contributed by atoms with Crippen LogP contribution in [0.3, 0.4) is 0 Å². The summed E-state index contributed by atoms with van der Waals surface area (Å²) >= 11 is 6.09. The monoisotopic (exact) mass is 305 g/mol. The number of carbonyl (C=O) groups excluding carboxylic acids is 1. The van der Waals surface area contributed by atoms with E-state index in [0.29, 0.717) is 22.3 Å². The van der Waals surface area contributed by atoms with Crippen LogP contribution in [0.2, 0.25) is 5.02 Å². The molecule has 0 unspecified atom stereocenters. The van der Waals surface area contributed by atoms with Gasteiger partial charge in [0.15, 0.2) is 0 Å². The number of halogens is 1. The molecule has 21 heavy (non-hydrogen) atoms. The van der Waals surface area contributed by atoms with Gasteiger partial charge in [0.05, 0.1) is 5.02 Å². The Hall–Kier alpha value is -1.95. The molecule has 1 amide bonds. The maximum atomic E-state index is 11.9. The minimum Gasteiger partial charge on any atom is -0.352 e. The Morgan fingerprint density at radius 1 is 1.48 bits per heavy atom. The van der Waals surface area contributed by atoms with Crippen LogP contribution in [0.1, 0.15) is 19.8 Å². The summed E-state index contributed by atoms with van der Waals surface area (Å²) in [5, 5.41) is 15.6. The minimum atomic E-state index is -0.0995. The van der Waals surface area contributed by atoms with Crippen LogP contribution in [0.4, 0.5) is 0 Å². The fraction of sp³-hybridized carbons (Fsp3) is 0.429. The standard InChI is InChI=1S/C14H16ClN5O/c1-9(10-6-7-10)16-13(21)8-20-18-14(17-19-20)11-4-2-3-5-12(11)15/h2-5,9-10H,6-8H2,1H3,(H,16,21)/t9-/m0/s1. The molecule has 1 aromatic heterocycles. The molecule has 0 radical (unpaired) electrons. The quantitative estimate of drug-likeness (QED) is 0.916. The lowest BCUT2D eigenvalue weighted by Gasteiger charge is -2.11. The average Bonchev–Trinajstić information content (AvgIpc) is 3.21. The van der Waals surface area contributed by atoms with E-state index in [9.17, 15) is 4.79 Å². The van der Waals surface area contributed by atoms with Gasteiger partial charge in [-0.25, -0.2) is 0 Å². The van der Waals surface area contributed by atoms with Crippen molar-refractivity contribution in [3.05, 3.63) is 29.3 Å². The van der Waals surface area contributed by atoms with E-state index >= 15 is 0 Å². The van der Waals surface area contributed by atoms with Crippen molar-refractivity contribution >= 4 is 17.5 Å². The zero-order valence-corrected chi connectivity index (χ0v) is 12.4. The molecule has 1 aliphatic carbocycles. The Bertz CT molecular complexity index is 652. The summed E-state index contributed by atoms with van der Waals surface area (Å²) in [7, 11) is 0. The molecule has 1 atom stereocenters. The van der Waals surface area contributed by atoms with Gasteiger partial charge < -0.3 is 5.32 Å². The Labute approximate surface area is 127 Å². The predicted molar refractivity (Wildman–Crippen MR) is 78.6 cm³/mol. The normalized spacial score (nSPS) is 15.7. The highest BCUT2D eigenvalue weighted by Crippen LogP contribution is 2.32. The third-order valence-electron chi connectivity index (χ3n) is 3.57. The second-order valence-electron chi connectivity index (χ2n) is 5.32. The van der Waals surface area contributed by atoms with E-state index in [1.165, 1.54) is 17.6 Å². The first-order chi connectivity index (χ1) is 10.1. The molecule has 0 aliphatic heterocycles. The van der Waals surface area contributed by atoms with Gasteiger partial charge in [-0.15, -0.1) is 10.2 Å². The molecule has 1 saturated carbocycles. The number of rotatable bonds is 5. The summed E-state index contributed by atoms with van der Waals surface area (Å²) < 4.78 is 0. The molecule has 1 aliphatic rings. The van der Waals surface area contributed by atoms with E-state index in [0.717, 1.165) is 0 Å². The van der Waals surface area contributed by atoms with Gasteiger partial charge in [0.25, 0.3) is 0 Å². The minimum absolute atomic E-state index is 0.0640. The molecule has 110 valence electrons. The largest absolute Gasteiger partial charge is 0.352 e. The first-order valence-electron chi connectivity index (χ1n) is 6.95. The van der Waals surface area contributed by atoms with Gasteiger partial charge in [-0.3, -0.25) is 4.79 Å². The fourth-order valence-corrected chi connectivity index (χ4v) is 2.42. The van der Waals surface area contributed by atoms with E-state index in [1.54, 1.807) is 6.07 Å². The number of tetrazole rings is 1. The number of amides is 1. The van der Waals surface area contributed by atoms with Crippen LogP contribution in [0.5, 0.6) is 0 Å². The van der Waals surface area contributed by atoms with Gasteiger partial charge in [-0.05, 0) is 43.0 Å². The molecule has 1 N–H and O–H groups in total. The van der Waals surface area contributed by atoms with Crippen molar-refractivity contribution in [2.75, 3.05) is 0 Å². The van der Waals surface area contributed by atoms with Crippen LogP contribution >= 0.6 is 11.6 Å². The topological polar surface area (TPSA) is 72.7 Å². The first-order valence-corrected chi connectivity index (χ1v) is 7.33. The molecule has 0 bridgehead atoms. The SMILES string of the molecule is C[C@H](NC(=O)Cn1nnc(-c2ccccc2Cl)n1)C1CC1. The maximum Gasteiger partial charge on any atom is 0.243 e. The van der Waals surface area contributed by atoms with Crippen LogP contribution in [0.25, 0.3) is 11.4 Å². The average molecular weight is 306 g/mol. The molecule has 6 nitrogen and oxygen atoms in total. The van der Waals surface area contributed by atoms with Crippen molar-refractivity contribution in [2.45, 2.75) is 32.4 Å². The Balaban J connectivity index is 1.65. The lowest BCUT2D eigenvalue weighted by Crippen LogP contribution is -2.36. The van der Waals surface area contributed by atoms with Gasteiger partial charge in [0, 0.05) is 11.6 Å². The summed E-state index contributed by atoms with van der Waals surface area (Å²) in [6.07, 6.45) is 2.39. The molecule has 3 rings (SSSR count). The molecule has 0 saturated heterocycles. The Morgan fingerprint density at radius 3 is 2.95 bits per heavy atom. The van der Waals surface area contributed by atoms with E-state index in [4.69, 9.17) is 11.6 Å². The smallest absolute Gasteiger partial charge is 0.243 e. The number of benzene rings is 1. The van der Waals surface area contributed by atoms with Gasteiger partial charge in [-0.2, -0.15) is 4.80 Å². The zero-order chi connectivity index (χ0) is 14.8. The highest BCUT2D eigenvalue weighted by molar-refractivity contribution is 6.33. The van der Waals surface area contributed by atoms with E-state index in [-0.39, 0.29) is 18.5 Å². The summed E-state index contributed by atoms with van der Waals surface area (Å²) in [5.41, 5.74) is 0.706. The van der Waals surface area contributed by atoms with E-state index < -0.39 is 0 Å². The van der Waals surface area contributed by atoms with Crippen LogP contribution in [-0.4, -0.2) is 32.2 Å². The molecule has 0 spiro atoms. The molecule has 1 fully saturated rings. The molecule has 1 heterocycles. The molecular formula is C14H16ClN5O. The molecular weight excluding hydrogens is 290 g/mol. The molecule has 7 heteroatoms. The van der Waals surface area contributed by atoms with Crippen LogP contribution in [-0.2, 0) is 11.3 Å². The third-order valence-corrected chi connectivity index (χ3v) is 3.90. The zero-order valence-electron chi connectivity index (χ0n) is 11.7. The fourth-order valence-electron chi connectivity index (χ4n) is 2.20. The second kappa shape index (κ2) is 5.81. The van der Waals surface area contributed by atoms with Crippen LogP contribution in [0.15, 0.2) is 24.3 Å². The van der Waals surface area contributed by atoms with Crippen molar-refractivity contribution in [1.29, 1.82) is 0 Å². The van der Waals surface area contributed by atoms with Crippen LogP contribution < -0.4 is 5.32 Å². The number of aromatic nitrogens is 4. The number of hydrogen-bond donors (Lipinski definition) is 1. The Kier molecular flexibility index (Phi) is 3.88. The van der Waals surface area contributed by atoms with Crippen molar-refractivity contribution in [3.8, 4) is 11.4 Å². The summed E-state index contributed by atoms with van der Waals surface area (Å²) in [4.78, 5) is 13.2. The highest BCUT2D eigenvalue weighted by atomic mass is 35.5.